The Kier molecular flexibility index (Phi) is 11.7. The van der Waals surface area contributed by atoms with Gasteiger partial charge in [0, 0.05) is 57.7 Å². The molecule has 0 radical (unpaired) electrons. The van der Waals surface area contributed by atoms with Crippen molar-refractivity contribution >= 4 is 41.3 Å². The van der Waals surface area contributed by atoms with E-state index in [-0.39, 0.29) is 24.0 Å². The second-order valence-corrected chi connectivity index (χ2v) is 7.51. The van der Waals surface area contributed by atoms with Gasteiger partial charge in [-0.15, -0.1) is 35.3 Å². The third-order valence-corrected chi connectivity index (χ3v) is 5.37. The van der Waals surface area contributed by atoms with Crippen molar-refractivity contribution in [2.24, 2.45) is 4.99 Å². The number of unbranched alkanes of at least 4 members (excludes halogenated alkanes) is 1. The first-order valence-electron chi connectivity index (χ1n) is 9.11. The molecule has 1 aliphatic rings. The van der Waals surface area contributed by atoms with Gasteiger partial charge < -0.3 is 15.1 Å². The summed E-state index contributed by atoms with van der Waals surface area (Å²) in [7, 11) is 4.09. The van der Waals surface area contributed by atoms with Crippen molar-refractivity contribution < 1.29 is 0 Å². The van der Waals surface area contributed by atoms with Crippen molar-refractivity contribution in [3.8, 4) is 0 Å². The Morgan fingerprint density at radius 1 is 1.28 bits per heavy atom. The van der Waals surface area contributed by atoms with Crippen LogP contribution in [0.15, 0.2) is 22.5 Å². The molecule has 7 heteroatoms. The number of thiophene rings is 1. The molecule has 0 spiro atoms. The van der Waals surface area contributed by atoms with E-state index in [0.717, 1.165) is 51.8 Å². The third kappa shape index (κ3) is 8.23. The van der Waals surface area contributed by atoms with Gasteiger partial charge in [0.05, 0.1) is 0 Å². The Morgan fingerprint density at radius 3 is 2.64 bits per heavy atom. The normalized spacial score (nSPS) is 16.2. The van der Waals surface area contributed by atoms with Gasteiger partial charge in [-0.3, -0.25) is 9.89 Å². The molecule has 0 amide bonds. The summed E-state index contributed by atoms with van der Waals surface area (Å²) in [6.45, 7) is 10.8. The molecule has 1 aliphatic heterocycles. The average molecular weight is 479 g/mol. The molecular weight excluding hydrogens is 445 g/mol. The summed E-state index contributed by atoms with van der Waals surface area (Å²) in [5.74, 6) is 1.05. The van der Waals surface area contributed by atoms with Gasteiger partial charge in [-0.2, -0.15) is 0 Å². The van der Waals surface area contributed by atoms with Gasteiger partial charge in [0.1, 0.15) is 0 Å². The topological polar surface area (TPSA) is 34.1 Å². The van der Waals surface area contributed by atoms with E-state index in [1.165, 1.54) is 24.3 Å². The lowest BCUT2D eigenvalue weighted by Crippen LogP contribution is -2.52. The van der Waals surface area contributed by atoms with E-state index in [9.17, 15) is 0 Å². The van der Waals surface area contributed by atoms with Crippen LogP contribution in [0.5, 0.6) is 0 Å². The van der Waals surface area contributed by atoms with E-state index in [1.807, 2.05) is 18.4 Å². The lowest BCUT2D eigenvalue weighted by atomic mass is 10.3. The van der Waals surface area contributed by atoms with Crippen molar-refractivity contribution in [3.63, 3.8) is 0 Å². The molecule has 25 heavy (non-hydrogen) atoms. The molecular formula is C18H34IN5S. The van der Waals surface area contributed by atoms with Crippen LogP contribution in [0.1, 0.15) is 24.6 Å². The van der Waals surface area contributed by atoms with Gasteiger partial charge >= 0.3 is 0 Å². The summed E-state index contributed by atoms with van der Waals surface area (Å²) in [6, 6.07) is 4.37. The minimum atomic E-state index is 0. The van der Waals surface area contributed by atoms with Crippen molar-refractivity contribution in [3.05, 3.63) is 22.4 Å². The molecule has 1 aromatic heterocycles. The van der Waals surface area contributed by atoms with E-state index >= 15 is 0 Å². The smallest absolute Gasteiger partial charge is 0.193 e. The molecule has 1 saturated heterocycles. The van der Waals surface area contributed by atoms with Crippen LogP contribution >= 0.6 is 35.3 Å². The van der Waals surface area contributed by atoms with Crippen molar-refractivity contribution in [1.82, 2.24) is 20.0 Å². The van der Waals surface area contributed by atoms with Crippen LogP contribution < -0.4 is 5.32 Å². The summed E-state index contributed by atoms with van der Waals surface area (Å²) in [4.78, 5) is 13.2. The zero-order valence-electron chi connectivity index (χ0n) is 15.9. The number of rotatable bonds is 8. The minimum Gasteiger partial charge on any atom is -0.355 e. The number of likely N-dealkylation sites (N-methyl/N-ethyl adjacent to an activating group) is 1. The molecule has 5 nitrogen and oxygen atoms in total. The van der Waals surface area contributed by atoms with Crippen LogP contribution in [0.4, 0.5) is 0 Å². The first-order chi connectivity index (χ1) is 11.7. The molecule has 0 atom stereocenters. The molecule has 0 bridgehead atoms. The van der Waals surface area contributed by atoms with Crippen molar-refractivity contribution in [2.75, 3.05) is 59.9 Å². The molecule has 0 aliphatic carbocycles. The van der Waals surface area contributed by atoms with Gasteiger partial charge in [-0.25, -0.2) is 0 Å². The fourth-order valence-electron chi connectivity index (χ4n) is 2.97. The summed E-state index contributed by atoms with van der Waals surface area (Å²) >= 11 is 1.85. The Labute approximate surface area is 174 Å². The predicted molar refractivity (Wildman–Crippen MR) is 120 cm³/mol. The zero-order valence-corrected chi connectivity index (χ0v) is 19.1. The summed E-state index contributed by atoms with van der Waals surface area (Å²) in [5, 5.41) is 5.69. The maximum Gasteiger partial charge on any atom is 0.193 e. The van der Waals surface area contributed by atoms with Crippen LogP contribution in [-0.4, -0.2) is 80.6 Å². The third-order valence-electron chi connectivity index (χ3n) is 4.51. The summed E-state index contributed by atoms with van der Waals surface area (Å²) < 4.78 is 0. The second kappa shape index (κ2) is 12.9. The summed E-state index contributed by atoms with van der Waals surface area (Å²) in [6.07, 6.45) is 2.53. The average Bonchev–Trinajstić information content (AvgIpc) is 3.11. The molecule has 2 rings (SSSR count). The first kappa shape index (κ1) is 22.7. The second-order valence-electron chi connectivity index (χ2n) is 6.47. The molecule has 144 valence electrons. The van der Waals surface area contributed by atoms with Gasteiger partial charge in [0.25, 0.3) is 0 Å². The SMILES string of the molecule is CCCCN(C)CCNC(=NC)N1CCN(Cc2cccs2)CC1.I. The highest BCUT2D eigenvalue weighted by atomic mass is 127. The van der Waals surface area contributed by atoms with Gasteiger partial charge in [0.2, 0.25) is 0 Å². The van der Waals surface area contributed by atoms with Crippen LogP contribution in [-0.2, 0) is 6.54 Å². The van der Waals surface area contributed by atoms with Crippen LogP contribution in [0, 0.1) is 0 Å². The lowest BCUT2D eigenvalue weighted by molar-refractivity contribution is 0.173. The van der Waals surface area contributed by atoms with E-state index in [1.54, 1.807) is 0 Å². The van der Waals surface area contributed by atoms with Crippen LogP contribution in [0.25, 0.3) is 0 Å². The van der Waals surface area contributed by atoms with Gasteiger partial charge in [-0.1, -0.05) is 19.4 Å². The van der Waals surface area contributed by atoms with E-state index < -0.39 is 0 Å². The largest absolute Gasteiger partial charge is 0.355 e. The van der Waals surface area contributed by atoms with Gasteiger partial charge in [0.15, 0.2) is 5.96 Å². The standard InChI is InChI=1S/C18H33N5S.HI/c1-4-5-9-21(3)10-8-20-18(19-2)23-13-11-22(12-14-23)16-17-7-6-15-24-17;/h6-7,15H,4-5,8-14,16H2,1-3H3,(H,19,20);1H. The lowest BCUT2D eigenvalue weighted by Gasteiger charge is -2.36. The number of guanidine groups is 1. The monoisotopic (exact) mass is 479 g/mol. The fourth-order valence-corrected chi connectivity index (χ4v) is 3.72. The molecule has 2 heterocycles. The zero-order chi connectivity index (χ0) is 17.2. The Morgan fingerprint density at radius 2 is 2.04 bits per heavy atom. The minimum absolute atomic E-state index is 0. The predicted octanol–water partition coefficient (Wildman–Crippen LogP) is 2.79. The first-order valence-corrected chi connectivity index (χ1v) is 9.99. The van der Waals surface area contributed by atoms with E-state index in [4.69, 9.17) is 0 Å². The van der Waals surface area contributed by atoms with Crippen molar-refractivity contribution in [2.45, 2.75) is 26.3 Å². The maximum atomic E-state index is 4.47. The number of hydrogen-bond acceptors (Lipinski definition) is 4. The number of nitrogens with one attached hydrogen (secondary N) is 1. The maximum absolute atomic E-state index is 4.47. The number of piperazine rings is 1. The molecule has 0 unspecified atom stereocenters. The highest BCUT2D eigenvalue weighted by Gasteiger charge is 2.19. The number of halogens is 1. The summed E-state index contributed by atoms with van der Waals surface area (Å²) in [5.41, 5.74) is 0. The van der Waals surface area contributed by atoms with Crippen LogP contribution in [0.2, 0.25) is 0 Å². The van der Waals surface area contributed by atoms with E-state index in [0.29, 0.717) is 0 Å². The Hall–Kier alpha value is -0.380. The Balaban J connectivity index is 0.00000312. The highest BCUT2D eigenvalue weighted by molar-refractivity contribution is 14.0. The highest BCUT2D eigenvalue weighted by Crippen LogP contribution is 2.13. The fraction of sp³-hybridized carbons (Fsp3) is 0.722. The quantitative estimate of drug-likeness (QED) is 0.353. The Bertz CT molecular complexity index is 472. The molecule has 0 saturated carbocycles. The molecule has 1 aromatic rings. The van der Waals surface area contributed by atoms with Gasteiger partial charge in [-0.05, 0) is 31.5 Å². The van der Waals surface area contributed by atoms with Crippen LogP contribution in [0.3, 0.4) is 0 Å². The number of hydrogen-bond donors (Lipinski definition) is 1. The van der Waals surface area contributed by atoms with E-state index in [2.05, 4.69) is 56.5 Å². The number of aliphatic imine (C=N–C) groups is 1. The van der Waals surface area contributed by atoms with Crippen molar-refractivity contribution in [1.29, 1.82) is 0 Å². The number of nitrogens with zero attached hydrogens (tertiary/aromatic N) is 4. The molecule has 0 aromatic carbocycles. The molecule has 1 fully saturated rings. The molecule has 1 N–H and O–H groups in total.